The van der Waals surface area contributed by atoms with Crippen LogP contribution in [0.15, 0.2) is 18.2 Å². The first-order valence-electron chi connectivity index (χ1n) is 6.34. The van der Waals surface area contributed by atoms with Crippen molar-refractivity contribution < 1.29 is 18.6 Å². The van der Waals surface area contributed by atoms with Gasteiger partial charge in [0.2, 0.25) is 0 Å². The fraction of sp³-hybridized carbons (Fsp3) is 0.571. The van der Waals surface area contributed by atoms with E-state index in [-0.39, 0.29) is 19.7 Å². The van der Waals surface area contributed by atoms with Crippen LogP contribution in [0.4, 0.5) is 8.78 Å². The van der Waals surface area contributed by atoms with Crippen LogP contribution in [0.5, 0.6) is 5.75 Å². The zero-order chi connectivity index (χ0) is 14.3. The summed E-state index contributed by atoms with van der Waals surface area (Å²) < 4.78 is 30.2. The Morgan fingerprint density at radius 1 is 1.26 bits per heavy atom. The van der Waals surface area contributed by atoms with Crippen LogP contribution in [-0.4, -0.2) is 49.3 Å². The number of aliphatic hydroxyl groups is 1. The second-order valence-corrected chi connectivity index (χ2v) is 4.53. The molecule has 3 nitrogen and oxygen atoms in total. The lowest BCUT2D eigenvalue weighted by Gasteiger charge is -2.21. The average molecular weight is 273 g/mol. The van der Waals surface area contributed by atoms with Gasteiger partial charge in [-0.05, 0) is 31.0 Å². The van der Waals surface area contributed by atoms with Gasteiger partial charge >= 0.3 is 0 Å². The molecule has 0 aromatic heterocycles. The molecule has 0 heterocycles. The Kier molecular flexibility index (Phi) is 6.73. The minimum atomic E-state index is -2.40. The summed E-state index contributed by atoms with van der Waals surface area (Å²) in [4.78, 5) is 1.50. The van der Waals surface area contributed by atoms with Crippen molar-refractivity contribution in [3.8, 4) is 5.75 Å². The molecule has 0 fully saturated rings. The van der Waals surface area contributed by atoms with E-state index in [1.54, 1.807) is 0 Å². The maximum Gasteiger partial charge on any atom is 0.251 e. The van der Waals surface area contributed by atoms with E-state index in [1.807, 2.05) is 32.0 Å². The topological polar surface area (TPSA) is 32.7 Å². The van der Waals surface area contributed by atoms with Crippen molar-refractivity contribution in [1.29, 1.82) is 0 Å². The third kappa shape index (κ3) is 5.98. The first kappa shape index (κ1) is 15.9. The first-order chi connectivity index (χ1) is 9.02. The number of alkyl halides is 2. The summed E-state index contributed by atoms with van der Waals surface area (Å²) in [5.74, 6) is 0.779. The van der Waals surface area contributed by atoms with Crippen LogP contribution in [0.3, 0.4) is 0 Å². The highest BCUT2D eigenvalue weighted by atomic mass is 19.3. The second-order valence-electron chi connectivity index (χ2n) is 4.53. The van der Waals surface area contributed by atoms with Gasteiger partial charge in [0, 0.05) is 13.1 Å². The molecule has 5 heteroatoms. The SMILES string of the molecule is Cc1ccc(C)c(OCCN(CCO)CC(F)F)c1. The Balaban J connectivity index is 2.44. The molecule has 0 unspecified atom stereocenters. The van der Waals surface area contributed by atoms with Gasteiger partial charge < -0.3 is 9.84 Å². The summed E-state index contributed by atoms with van der Waals surface area (Å²) in [5.41, 5.74) is 2.12. The molecule has 1 aromatic rings. The van der Waals surface area contributed by atoms with Crippen LogP contribution < -0.4 is 4.74 Å². The molecule has 0 spiro atoms. The smallest absolute Gasteiger partial charge is 0.251 e. The van der Waals surface area contributed by atoms with Gasteiger partial charge in [-0.3, -0.25) is 4.90 Å². The van der Waals surface area contributed by atoms with Crippen molar-refractivity contribution in [2.45, 2.75) is 20.3 Å². The van der Waals surface area contributed by atoms with Gasteiger partial charge in [-0.25, -0.2) is 8.78 Å². The van der Waals surface area contributed by atoms with Gasteiger partial charge in [-0.1, -0.05) is 12.1 Å². The summed E-state index contributed by atoms with van der Waals surface area (Å²) in [6.45, 7) is 4.39. The Hall–Kier alpha value is -1.20. The third-order valence-electron chi connectivity index (χ3n) is 2.82. The monoisotopic (exact) mass is 273 g/mol. The number of nitrogens with zero attached hydrogens (tertiary/aromatic N) is 1. The molecule has 0 aliphatic rings. The van der Waals surface area contributed by atoms with E-state index in [4.69, 9.17) is 9.84 Å². The van der Waals surface area contributed by atoms with Crippen LogP contribution in [0, 0.1) is 13.8 Å². The molecule has 0 aliphatic carbocycles. The highest BCUT2D eigenvalue weighted by Crippen LogP contribution is 2.18. The van der Waals surface area contributed by atoms with Gasteiger partial charge in [-0.15, -0.1) is 0 Å². The highest BCUT2D eigenvalue weighted by Gasteiger charge is 2.11. The lowest BCUT2D eigenvalue weighted by molar-refractivity contribution is 0.0708. The van der Waals surface area contributed by atoms with Crippen LogP contribution in [-0.2, 0) is 0 Å². The van der Waals surface area contributed by atoms with Crippen LogP contribution in [0.25, 0.3) is 0 Å². The molecular weight excluding hydrogens is 252 g/mol. The predicted molar refractivity (Wildman–Crippen MR) is 70.9 cm³/mol. The van der Waals surface area contributed by atoms with E-state index >= 15 is 0 Å². The van der Waals surface area contributed by atoms with E-state index in [9.17, 15) is 8.78 Å². The molecule has 0 atom stereocenters. The summed E-state index contributed by atoms with van der Waals surface area (Å²) in [6.07, 6.45) is -2.40. The van der Waals surface area contributed by atoms with Crippen LogP contribution >= 0.6 is 0 Å². The average Bonchev–Trinajstić information content (AvgIpc) is 2.33. The molecule has 108 valence electrons. The Morgan fingerprint density at radius 3 is 2.63 bits per heavy atom. The molecule has 0 saturated carbocycles. The summed E-state index contributed by atoms with van der Waals surface area (Å²) in [7, 11) is 0. The fourth-order valence-electron chi connectivity index (χ4n) is 1.78. The van der Waals surface area contributed by atoms with Crippen molar-refractivity contribution in [2.75, 3.05) is 32.8 Å². The van der Waals surface area contributed by atoms with Crippen molar-refractivity contribution in [3.05, 3.63) is 29.3 Å². The Morgan fingerprint density at radius 2 is 2.00 bits per heavy atom. The molecule has 0 radical (unpaired) electrons. The number of benzene rings is 1. The molecule has 19 heavy (non-hydrogen) atoms. The lowest BCUT2D eigenvalue weighted by Crippen LogP contribution is -2.35. The summed E-state index contributed by atoms with van der Waals surface area (Å²) in [6, 6.07) is 5.89. The number of hydrogen-bond acceptors (Lipinski definition) is 3. The van der Waals surface area contributed by atoms with E-state index < -0.39 is 6.43 Å². The number of aliphatic hydroxyl groups excluding tert-OH is 1. The zero-order valence-electron chi connectivity index (χ0n) is 11.4. The van der Waals surface area contributed by atoms with E-state index in [1.165, 1.54) is 4.90 Å². The van der Waals surface area contributed by atoms with Gasteiger partial charge in [0.1, 0.15) is 12.4 Å². The summed E-state index contributed by atoms with van der Waals surface area (Å²) >= 11 is 0. The largest absolute Gasteiger partial charge is 0.492 e. The number of ether oxygens (including phenoxy) is 1. The molecule has 0 amide bonds. The van der Waals surface area contributed by atoms with Crippen LogP contribution in [0.2, 0.25) is 0 Å². The maximum absolute atomic E-state index is 12.3. The predicted octanol–water partition coefficient (Wildman–Crippen LogP) is 2.24. The number of aryl methyl sites for hydroxylation is 2. The minimum Gasteiger partial charge on any atom is -0.492 e. The minimum absolute atomic E-state index is 0.129. The molecule has 0 aliphatic heterocycles. The van der Waals surface area contributed by atoms with E-state index in [0.717, 1.165) is 16.9 Å². The van der Waals surface area contributed by atoms with Crippen molar-refractivity contribution in [3.63, 3.8) is 0 Å². The normalized spacial score (nSPS) is 11.3. The van der Waals surface area contributed by atoms with E-state index in [2.05, 4.69) is 0 Å². The van der Waals surface area contributed by atoms with Crippen molar-refractivity contribution in [1.82, 2.24) is 4.90 Å². The summed E-state index contributed by atoms with van der Waals surface area (Å²) in [5, 5.41) is 8.82. The van der Waals surface area contributed by atoms with Crippen LogP contribution in [0.1, 0.15) is 11.1 Å². The van der Waals surface area contributed by atoms with Crippen molar-refractivity contribution >= 4 is 0 Å². The zero-order valence-corrected chi connectivity index (χ0v) is 11.4. The third-order valence-corrected chi connectivity index (χ3v) is 2.82. The Labute approximate surface area is 112 Å². The molecular formula is C14H21F2NO2. The molecule has 0 saturated heterocycles. The molecule has 1 aromatic carbocycles. The fourth-order valence-corrected chi connectivity index (χ4v) is 1.78. The van der Waals surface area contributed by atoms with Gasteiger partial charge in [0.15, 0.2) is 0 Å². The quantitative estimate of drug-likeness (QED) is 0.788. The second kappa shape index (κ2) is 8.07. The van der Waals surface area contributed by atoms with E-state index in [0.29, 0.717) is 13.2 Å². The number of hydrogen-bond donors (Lipinski definition) is 1. The maximum atomic E-state index is 12.3. The molecule has 1 rings (SSSR count). The van der Waals surface area contributed by atoms with Gasteiger partial charge in [0.05, 0.1) is 13.2 Å². The van der Waals surface area contributed by atoms with Crippen molar-refractivity contribution in [2.24, 2.45) is 0 Å². The molecule has 0 bridgehead atoms. The first-order valence-corrected chi connectivity index (χ1v) is 6.34. The lowest BCUT2D eigenvalue weighted by atomic mass is 10.1. The molecule has 1 N–H and O–H groups in total. The number of rotatable bonds is 8. The van der Waals surface area contributed by atoms with Gasteiger partial charge in [-0.2, -0.15) is 0 Å². The van der Waals surface area contributed by atoms with Gasteiger partial charge in [0.25, 0.3) is 6.43 Å². The standard InChI is InChI=1S/C14H21F2NO2/c1-11-3-4-12(2)13(9-11)19-8-6-17(5-7-18)10-14(15)16/h3-4,9,14,18H,5-8,10H2,1-2H3. The Bertz CT molecular complexity index is 386. The highest BCUT2D eigenvalue weighted by molar-refractivity contribution is 5.35. The number of halogens is 2.